The van der Waals surface area contributed by atoms with Gasteiger partial charge in [0, 0.05) is 60.7 Å². The van der Waals surface area contributed by atoms with Gasteiger partial charge in [-0.15, -0.1) is 0 Å². The topological polar surface area (TPSA) is 132 Å². The number of nitrogens with zero attached hydrogens (tertiary/aromatic N) is 4. The minimum atomic E-state index is -1.32. The van der Waals surface area contributed by atoms with E-state index in [1.807, 2.05) is 18.4 Å². The molecule has 8 atom stereocenters. The van der Waals surface area contributed by atoms with Gasteiger partial charge in [-0.1, -0.05) is 20.8 Å². The summed E-state index contributed by atoms with van der Waals surface area (Å²) < 4.78 is 62.2. The number of Topliss-reactive ketones (excluding diaryl/α,β-unsaturated/α-hetero) is 1. The van der Waals surface area contributed by atoms with E-state index in [0.717, 1.165) is 12.8 Å². The molecule has 0 bridgehead atoms. The largest absolute Gasteiger partial charge is 0.352 e. The molecular weight excluding hydrogens is 767 g/mol. The number of imidazole rings is 1. The number of nitrogens with one attached hydrogen (secondary N) is 3. The standard InChI is InChI=1S/C44H55F4N7O4/c1-6-23(3)42(57)52-39(26-8-9-26)44(59)54-21-30(48)16-32(54)22-55-37-13-11-28(46)18-36(37)51-41(55)40-34(33-12-10-27(45)17-35(33)50-40)19-31-15-29(47)20-53(31)43(58)25(7-2)14-38(56)24(4)49-5/h10-13,17-18,23-26,29-32,39,49-50H,6-9,14-16,19-22H2,1-5H3,(H,52,57). The Morgan fingerprint density at radius 1 is 0.898 bits per heavy atom. The first-order valence-corrected chi connectivity index (χ1v) is 21.1. The predicted molar refractivity (Wildman–Crippen MR) is 217 cm³/mol. The molecule has 2 aliphatic heterocycles. The van der Waals surface area contributed by atoms with E-state index in [4.69, 9.17) is 4.98 Å². The summed E-state index contributed by atoms with van der Waals surface area (Å²) in [6, 6.07) is 5.94. The number of ketones is 1. The van der Waals surface area contributed by atoms with Gasteiger partial charge in [0.1, 0.15) is 35.8 Å². The van der Waals surface area contributed by atoms with Gasteiger partial charge in [0.15, 0.2) is 5.82 Å². The number of H-pyrrole nitrogens is 1. The van der Waals surface area contributed by atoms with E-state index >= 15 is 8.78 Å². The second kappa shape index (κ2) is 17.4. The first-order valence-electron chi connectivity index (χ1n) is 21.1. The highest BCUT2D eigenvalue weighted by atomic mass is 19.1. The van der Waals surface area contributed by atoms with Gasteiger partial charge in [0.05, 0.1) is 41.9 Å². The summed E-state index contributed by atoms with van der Waals surface area (Å²) in [5.74, 6) is -2.65. The highest BCUT2D eigenvalue weighted by molar-refractivity contribution is 5.93. The minimum Gasteiger partial charge on any atom is -0.352 e. The van der Waals surface area contributed by atoms with E-state index in [9.17, 15) is 28.0 Å². The fourth-order valence-electron chi connectivity index (χ4n) is 8.87. The summed E-state index contributed by atoms with van der Waals surface area (Å²) in [7, 11) is 1.67. The van der Waals surface area contributed by atoms with Crippen molar-refractivity contribution in [2.45, 2.75) is 122 Å². The van der Waals surface area contributed by atoms with Crippen LogP contribution in [-0.2, 0) is 32.1 Å². The van der Waals surface area contributed by atoms with Crippen molar-refractivity contribution in [2.75, 3.05) is 20.1 Å². The van der Waals surface area contributed by atoms with E-state index in [1.54, 1.807) is 33.0 Å². The molecule has 59 heavy (non-hydrogen) atoms. The number of carbonyl (C=O) groups excluding carboxylic acids is 4. The molecular formula is C44H55F4N7O4. The number of aromatic amines is 1. The number of alkyl halides is 2. The Morgan fingerprint density at radius 2 is 1.56 bits per heavy atom. The average molecular weight is 822 g/mol. The van der Waals surface area contributed by atoms with Crippen LogP contribution in [0.25, 0.3) is 33.5 Å². The lowest BCUT2D eigenvalue weighted by atomic mass is 9.94. The molecule has 318 valence electrons. The maximum absolute atomic E-state index is 15.5. The van der Waals surface area contributed by atoms with E-state index in [0.29, 0.717) is 51.9 Å². The van der Waals surface area contributed by atoms with E-state index in [-0.39, 0.29) is 80.7 Å². The maximum Gasteiger partial charge on any atom is 0.245 e. The zero-order valence-electron chi connectivity index (χ0n) is 34.4. The lowest BCUT2D eigenvalue weighted by Crippen LogP contribution is -2.52. The number of rotatable bonds is 16. The van der Waals surface area contributed by atoms with Crippen LogP contribution in [0.3, 0.4) is 0 Å². The van der Waals surface area contributed by atoms with Crippen molar-refractivity contribution >= 4 is 45.4 Å². The van der Waals surface area contributed by atoms with Crippen LogP contribution in [0.2, 0.25) is 0 Å². The fraction of sp³-hybridized carbons (Fsp3) is 0.568. The molecule has 3 N–H and O–H groups in total. The van der Waals surface area contributed by atoms with Crippen LogP contribution in [0.5, 0.6) is 0 Å². The van der Waals surface area contributed by atoms with Gasteiger partial charge in [0.2, 0.25) is 17.7 Å². The first-order chi connectivity index (χ1) is 28.2. The van der Waals surface area contributed by atoms with Crippen molar-refractivity contribution in [1.29, 1.82) is 0 Å². The number of fused-ring (bicyclic) bond motifs is 2. The fourth-order valence-corrected chi connectivity index (χ4v) is 8.87. The molecule has 4 heterocycles. The Morgan fingerprint density at radius 3 is 2.22 bits per heavy atom. The molecule has 1 aliphatic carbocycles. The molecule has 3 fully saturated rings. The molecule has 1 saturated carbocycles. The maximum atomic E-state index is 15.5. The van der Waals surface area contributed by atoms with Gasteiger partial charge in [-0.05, 0) is 87.9 Å². The summed E-state index contributed by atoms with van der Waals surface area (Å²) in [6.07, 6.45) is 0.176. The lowest BCUT2D eigenvalue weighted by molar-refractivity contribution is -0.139. The van der Waals surface area contributed by atoms with E-state index in [1.165, 1.54) is 34.1 Å². The summed E-state index contributed by atoms with van der Waals surface area (Å²) in [5.41, 5.74) is 2.31. The molecule has 0 spiro atoms. The molecule has 3 aliphatic rings. The van der Waals surface area contributed by atoms with Crippen molar-refractivity contribution in [3.63, 3.8) is 0 Å². The van der Waals surface area contributed by atoms with Crippen LogP contribution in [0.15, 0.2) is 36.4 Å². The van der Waals surface area contributed by atoms with Crippen molar-refractivity contribution in [1.82, 2.24) is 35.0 Å². The van der Waals surface area contributed by atoms with Gasteiger partial charge < -0.3 is 30.0 Å². The number of amides is 3. The third-order valence-electron chi connectivity index (χ3n) is 12.9. The number of carbonyl (C=O) groups is 4. The molecule has 11 nitrogen and oxygen atoms in total. The van der Waals surface area contributed by atoms with Crippen molar-refractivity contribution in [3.8, 4) is 11.5 Å². The molecule has 2 aromatic heterocycles. The van der Waals surface area contributed by atoms with Gasteiger partial charge >= 0.3 is 0 Å². The second-order valence-electron chi connectivity index (χ2n) is 16.9. The number of likely N-dealkylation sites (tertiary alicyclic amines) is 2. The average Bonchev–Trinajstić information content (AvgIpc) is 3.58. The second-order valence-corrected chi connectivity index (χ2v) is 16.9. The number of benzene rings is 2. The SMILES string of the molecule is CCC(C)C(=O)NC(C(=O)N1CC(F)CC1Cn1c(-c2[nH]c3cc(F)ccc3c2CC2CC(F)CN2C(=O)C(CC)CC(=O)C(C)NC)nc2cc(F)ccc21)C1CC1. The van der Waals surface area contributed by atoms with Crippen molar-refractivity contribution in [3.05, 3.63) is 53.6 Å². The number of aromatic nitrogens is 3. The summed E-state index contributed by atoms with van der Waals surface area (Å²) >= 11 is 0. The van der Waals surface area contributed by atoms with Crippen LogP contribution in [0.4, 0.5) is 17.6 Å². The normalized spacial score (nSPS) is 22.9. The zero-order valence-corrected chi connectivity index (χ0v) is 34.4. The monoisotopic (exact) mass is 821 g/mol. The number of hydrogen-bond donors (Lipinski definition) is 3. The zero-order chi connectivity index (χ0) is 42.3. The Kier molecular flexibility index (Phi) is 12.5. The third kappa shape index (κ3) is 8.76. The third-order valence-corrected chi connectivity index (χ3v) is 12.9. The molecule has 2 aromatic carbocycles. The van der Waals surface area contributed by atoms with Crippen LogP contribution in [0.1, 0.15) is 78.2 Å². The quantitative estimate of drug-likeness (QED) is 0.112. The lowest BCUT2D eigenvalue weighted by Gasteiger charge is -2.30. The van der Waals surface area contributed by atoms with Gasteiger partial charge in [-0.25, -0.2) is 22.5 Å². The summed E-state index contributed by atoms with van der Waals surface area (Å²) in [6.45, 7) is 7.06. The Labute approximate surface area is 341 Å². The molecule has 0 radical (unpaired) electrons. The molecule has 7 rings (SSSR count). The Hall–Kier alpha value is -4.79. The van der Waals surface area contributed by atoms with Crippen molar-refractivity contribution in [2.24, 2.45) is 17.8 Å². The molecule has 2 saturated heterocycles. The molecule has 8 unspecified atom stereocenters. The highest BCUT2D eigenvalue weighted by Crippen LogP contribution is 2.39. The van der Waals surface area contributed by atoms with Gasteiger partial charge in [-0.3, -0.25) is 19.2 Å². The molecule has 4 aromatic rings. The molecule has 3 amide bonds. The predicted octanol–water partition coefficient (Wildman–Crippen LogP) is 6.42. The summed E-state index contributed by atoms with van der Waals surface area (Å²) in [5, 5.41) is 6.49. The van der Waals surface area contributed by atoms with Gasteiger partial charge in [0.25, 0.3) is 0 Å². The van der Waals surface area contributed by atoms with Crippen LogP contribution >= 0.6 is 0 Å². The van der Waals surface area contributed by atoms with Crippen LogP contribution in [0, 0.1) is 29.4 Å². The number of likely N-dealkylation sites (N-methyl/N-ethyl adjacent to an activating group) is 1. The smallest absolute Gasteiger partial charge is 0.245 e. The molecule has 15 heteroatoms. The summed E-state index contributed by atoms with van der Waals surface area (Å²) in [4.78, 5) is 65.4. The Balaban J connectivity index is 1.26. The number of halogens is 4. The Bertz CT molecular complexity index is 2220. The first kappa shape index (κ1) is 42.3. The van der Waals surface area contributed by atoms with E-state index < -0.39 is 54.1 Å². The van der Waals surface area contributed by atoms with Crippen molar-refractivity contribution < 1.29 is 36.7 Å². The van der Waals surface area contributed by atoms with Crippen LogP contribution < -0.4 is 10.6 Å². The van der Waals surface area contributed by atoms with Crippen LogP contribution in [-0.4, -0.2) is 104 Å². The van der Waals surface area contributed by atoms with E-state index in [2.05, 4.69) is 15.6 Å². The number of hydrogen-bond acceptors (Lipinski definition) is 6. The minimum absolute atomic E-state index is 0.0156. The highest BCUT2D eigenvalue weighted by Gasteiger charge is 2.45. The van der Waals surface area contributed by atoms with Gasteiger partial charge in [-0.2, -0.15) is 0 Å².